The Labute approximate surface area is 126 Å². The number of ether oxygens (including phenoxy) is 1. The van der Waals surface area contributed by atoms with Crippen LogP contribution >= 0.6 is 0 Å². The highest BCUT2D eigenvalue weighted by Gasteiger charge is 2.07. The minimum atomic E-state index is 0.515. The van der Waals surface area contributed by atoms with E-state index in [-0.39, 0.29) is 0 Å². The van der Waals surface area contributed by atoms with Crippen molar-refractivity contribution in [3.05, 3.63) is 53.2 Å². The largest absolute Gasteiger partial charge is 0.462 e. The fourth-order valence-electron chi connectivity index (χ4n) is 2.11. The van der Waals surface area contributed by atoms with Gasteiger partial charge in [-0.05, 0) is 43.7 Å². The summed E-state index contributed by atoms with van der Waals surface area (Å²) in [6.07, 6.45) is 3.76. The molecular formula is C17H24N2O2. The second-order valence-corrected chi connectivity index (χ2v) is 5.12. The molecule has 0 aliphatic heterocycles. The van der Waals surface area contributed by atoms with Crippen LogP contribution in [0, 0.1) is 6.92 Å². The summed E-state index contributed by atoms with van der Waals surface area (Å²) in [4.78, 5) is 4.27. The van der Waals surface area contributed by atoms with Crippen LogP contribution < -0.4 is 5.32 Å². The molecule has 21 heavy (non-hydrogen) atoms. The van der Waals surface area contributed by atoms with Gasteiger partial charge in [0, 0.05) is 18.3 Å². The van der Waals surface area contributed by atoms with Crippen LogP contribution in [0.2, 0.25) is 0 Å². The summed E-state index contributed by atoms with van der Waals surface area (Å²) in [5.41, 5.74) is 2.24. The molecule has 0 saturated carbocycles. The molecule has 0 fully saturated rings. The molecule has 1 N–H and O–H groups in total. The minimum absolute atomic E-state index is 0.515. The average Bonchev–Trinajstić information content (AvgIpc) is 2.85. The van der Waals surface area contributed by atoms with E-state index in [1.54, 1.807) is 6.20 Å². The van der Waals surface area contributed by atoms with Gasteiger partial charge in [-0.25, -0.2) is 0 Å². The molecule has 2 aromatic rings. The van der Waals surface area contributed by atoms with Gasteiger partial charge in [-0.1, -0.05) is 13.0 Å². The highest BCUT2D eigenvalue weighted by molar-refractivity contribution is 5.19. The van der Waals surface area contributed by atoms with Gasteiger partial charge in [0.1, 0.15) is 18.1 Å². The molecule has 0 atom stereocenters. The standard InChI is InChI=1S/C17H24N2O2/c1-3-8-18-12-17-14(2)11-16(21-17)13-20-10-7-15-6-4-5-9-19-15/h4-6,9,11,18H,3,7-8,10,12-13H2,1-2H3. The number of aromatic nitrogens is 1. The van der Waals surface area contributed by atoms with Crippen molar-refractivity contribution in [1.82, 2.24) is 10.3 Å². The molecule has 2 aromatic heterocycles. The molecule has 0 aliphatic carbocycles. The van der Waals surface area contributed by atoms with E-state index >= 15 is 0 Å². The van der Waals surface area contributed by atoms with E-state index in [0.29, 0.717) is 13.2 Å². The molecule has 4 nitrogen and oxygen atoms in total. The molecule has 0 spiro atoms. The molecule has 4 heteroatoms. The van der Waals surface area contributed by atoms with E-state index in [1.807, 2.05) is 18.2 Å². The zero-order valence-electron chi connectivity index (χ0n) is 12.9. The SMILES string of the molecule is CCCNCc1oc(COCCc2ccccn2)cc1C. The Kier molecular flexibility index (Phi) is 6.44. The van der Waals surface area contributed by atoms with Gasteiger partial charge in [-0.15, -0.1) is 0 Å². The van der Waals surface area contributed by atoms with Crippen molar-refractivity contribution in [3.8, 4) is 0 Å². The maximum absolute atomic E-state index is 5.81. The lowest BCUT2D eigenvalue weighted by molar-refractivity contribution is 0.107. The van der Waals surface area contributed by atoms with Gasteiger partial charge < -0.3 is 14.5 Å². The predicted molar refractivity (Wildman–Crippen MR) is 83.0 cm³/mol. The summed E-state index contributed by atoms with van der Waals surface area (Å²) in [5.74, 6) is 1.90. The van der Waals surface area contributed by atoms with E-state index < -0.39 is 0 Å². The first-order valence-corrected chi connectivity index (χ1v) is 7.56. The fourth-order valence-corrected chi connectivity index (χ4v) is 2.11. The Morgan fingerprint density at radius 1 is 1.33 bits per heavy atom. The first kappa shape index (κ1) is 15.7. The van der Waals surface area contributed by atoms with Crippen LogP contribution in [0.25, 0.3) is 0 Å². The van der Waals surface area contributed by atoms with Gasteiger partial charge in [-0.2, -0.15) is 0 Å². The van der Waals surface area contributed by atoms with Gasteiger partial charge in [0.2, 0.25) is 0 Å². The van der Waals surface area contributed by atoms with Crippen LogP contribution in [0.15, 0.2) is 34.9 Å². The van der Waals surface area contributed by atoms with E-state index in [9.17, 15) is 0 Å². The highest BCUT2D eigenvalue weighted by Crippen LogP contribution is 2.15. The van der Waals surface area contributed by atoms with Crippen molar-refractivity contribution in [2.24, 2.45) is 0 Å². The molecular weight excluding hydrogens is 264 g/mol. The van der Waals surface area contributed by atoms with E-state index in [2.05, 4.69) is 30.2 Å². The third kappa shape index (κ3) is 5.33. The number of nitrogens with zero attached hydrogens (tertiary/aromatic N) is 1. The van der Waals surface area contributed by atoms with E-state index in [0.717, 1.165) is 43.1 Å². The Bertz CT molecular complexity index is 523. The van der Waals surface area contributed by atoms with Gasteiger partial charge in [0.25, 0.3) is 0 Å². The van der Waals surface area contributed by atoms with Crippen LogP contribution in [-0.2, 0) is 24.3 Å². The summed E-state index contributed by atoms with van der Waals surface area (Å²) in [5, 5.41) is 3.35. The molecule has 0 saturated heterocycles. The van der Waals surface area contributed by atoms with Crippen molar-refractivity contribution in [2.45, 2.75) is 39.8 Å². The summed E-state index contributed by atoms with van der Waals surface area (Å²) in [6.45, 7) is 7.19. The molecule has 0 aliphatic rings. The Hall–Kier alpha value is -1.65. The molecule has 0 aromatic carbocycles. The zero-order chi connectivity index (χ0) is 14.9. The number of hydrogen-bond acceptors (Lipinski definition) is 4. The van der Waals surface area contributed by atoms with Gasteiger partial charge in [-0.3, -0.25) is 4.98 Å². The summed E-state index contributed by atoms with van der Waals surface area (Å²) < 4.78 is 11.5. The predicted octanol–water partition coefficient (Wildman–Crippen LogP) is 3.24. The Morgan fingerprint density at radius 2 is 2.24 bits per heavy atom. The quantitative estimate of drug-likeness (QED) is 0.720. The maximum atomic E-state index is 5.81. The molecule has 114 valence electrons. The number of aryl methyl sites for hydroxylation is 1. The van der Waals surface area contributed by atoms with Crippen molar-refractivity contribution in [2.75, 3.05) is 13.2 Å². The first-order chi connectivity index (χ1) is 10.3. The van der Waals surface area contributed by atoms with Crippen LogP contribution in [-0.4, -0.2) is 18.1 Å². The van der Waals surface area contributed by atoms with E-state index in [4.69, 9.17) is 9.15 Å². The van der Waals surface area contributed by atoms with Gasteiger partial charge >= 0.3 is 0 Å². The summed E-state index contributed by atoms with van der Waals surface area (Å²) >= 11 is 0. The highest BCUT2D eigenvalue weighted by atomic mass is 16.5. The lowest BCUT2D eigenvalue weighted by Crippen LogP contribution is -2.13. The third-order valence-corrected chi connectivity index (χ3v) is 3.26. The third-order valence-electron chi connectivity index (χ3n) is 3.26. The molecule has 2 rings (SSSR count). The fraction of sp³-hybridized carbons (Fsp3) is 0.471. The molecule has 0 amide bonds. The van der Waals surface area contributed by atoms with Crippen LogP contribution in [0.3, 0.4) is 0 Å². The summed E-state index contributed by atoms with van der Waals surface area (Å²) in [6, 6.07) is 7.99. The second kappa shape index (κ2) is 8.60. The normalized spacial score (nSPS) is 11.0. The minimum Gasteiger partial charge on any atom is -0.462 e. The van der Waals surface area contributed by atoms with Crippen LogP contribution in [0.1, 0.15) is 36.1 Å². The van der Waals surface area contributed by atoms with Gasteiger partial charge in [0.15, 0.2) is 0 Å². The monoisotopic (exact) mass is 288 g/mol. The Balaban J connectivity index is 1.72. The Morgan fingerprint density at radius 3 is 3.00 bits per heavy atom. The summed E-state index contributed by atoms with van der Waals surface area (Å²) in [7, 11) is 0. The van der Waals surface area contributed by atoms with Crippen molar-refractivity contribution in [1.29, 1.82) is 0 Å². The van der Waals surface area contributed by atoms with Crippen LogP contribution in [0.4, 0.5) is 0 Å². The number of hydrogen-bond donors (Lipinski definition) is 1. The smallest absolute Gasteiger partial charge is 0.130 e. The zero-order valence-corrected chi connectivity index (χ0v) is 12.9. The average molecular weight is 288 g/mol. The van der Waals surface area contributed by atoms with E-state index in [1.165, 1.54) is 5.56 Å². The van der Waals surface area contributed by atoms with Crippen molar-refractivity contribution >= 4 is 0 Å². The number of pyridine rings is 1. The lowest BCUT2D eigenvalue weighted by atomic mass is 10.2. The van der Waals surface area contributed by atoms with Crippen molar-refractivity contribution < 1.29 is 9.15 Å². The van der Waals surface area contributed by atoms with Gasteiger partial charge in [0.05, 0.1) is 13.2 Å². The second-order valence-electron chi connectivity index (χ2n) is 5.12. The molecule has 2 heterocycles. The number of furan rings is 1. The molecule has 0 bridgehead atoms. The van der Waals surface area contributed by atoms with Crippen molar-refractivity contribution in [3.63, 3.8) is 0 Å². The molecule has 0 unspecified atom stereocenters. The first-order valence-electron chi connectivity index (χ1n) is 7.56. The maximum Gasteiger partial charge on any atom is 0.130 e. The number of rotatable bonds is 9. The topological polar surface area (TPSA) is 47.3 Å². The van der Waals surface area contributed by atoms with Crippen LogP contribution in [0.5, 0.6) is 0 Å². The lowest BCUT2D eigenvalue weighted by Gasteiger charge is -2.02. The molecule has 0 radical (unpaired) electrons. The number of nitrogens with one attached hydrogen (secondary N) is 1.